The molecule has 1 aromatic rings. The van der Waals surface area contributed by atoms with Crippen LogP contribution in [-0.2, 0) is 4.74 Å². The molecular formula is C16H26BNO5. The summed E-state index contributed by atoms with van der Waals surface area (Å²) in [6.07, 6.45) is 2.32. The fraction of sp³-hybridized carbons (Fsp3) is 0.562. The smallest absolute Gasteiger partial charge is 0.510 e. The lowest BCUT2D eigenvalue weighted by Crippen LogP contribution is -2.38. The van der Waals surface area contributed by atoms with E-state index in [0.29, 0.717) is 12.2 Å². The van der Waals surface area contributed by atoms with E-state index in [1.165, 1.54) is 4.90 Å². The molecule has 23 heavy (non-hydrogen) atoms. The summed E-state index contributed by atoms with van der Waals surface area (Å²) in [7, 11) is -1.95. The first kappa shape index (κ1) is 19.3. The predicted molar refractivity (Wildman–Crippen MR) is 90.4 cm³/mol. The van der Waals surface area contributed by atoms with E-state index in [4.69, 9.17) is 19.4 Å². The van der Waals surface area contributed by atoms with Crippen LogP contribution in [0.5, 0.6) is 5.75 Å². The molecule has 0 aromatic heterocycles. The highest BCUT2D eigenvalue weighted by Crippen LogP contribution is 2.30. The lowest BCUT2D eigenvalue weighted by atomic mass is 10.2. The minimum absolute atomic E-state index is 0.213. The van der Waals surface area contributed by atoms with Crippen molar-refractivity contribution in [3.05, 3.63) is 24.3 Å². The molecule has 0 aliphatic carbocycles. The molecule has 0 spiro atoms. The van der Waals surface area contributed by atoms with Crippen molar-refractivity contribution in [2.24, 2.45) is 0 Å². The number of rotatable bonds is 7. The highest BCUT2D eigenvalue weighted by molar-refractivity contribution is 6.34. The SMILES string of the molecule is CCCCCN(C(=O)OC(C)(C)C)c1ccccc1OB(O)O. The molecule has 0 saturated heterocycles. The van der Waals surface area contributed by atoms with E-state index in [-0.39, 0.29) is 5.75 Å². The van der Waals surface area contributed by atoms with Gasteiger partial charge in [0, 0.05) is 6.54 Å². The minimum atomic E-state index is -1.95. The Kier molecular flexibility index (Phi) is 7.38. The first-order valence-corrected chi connectivity index (χ1v) is 7.87. The lowest BCUT2D eigenvalue weighted by Gasteiger charge is -2.28. The van der Waals surface area contributed by atoms with Crippen molar-refractivity contribution in [1.82, 2.24) is 0 Å². The van der Waals surface area contributed by atoms with Crippen molar-refractivity contribution in [3.63, 3.8) is 0 Å². The molecule has 0 aliphatic rings. The molecule has 2 N–H and O–H groups in total. The molecule has 1 aromatic carbocycles. The summed E-state index contributed by atoms with van der Waals surface area (Å²) < 4.78 is 10.4. The quantitative estimate of drug-likeness (QED) is 0.596. The number of benzene rings is 1. The van der Waals surface area contributed by atoms with E-state index in [1.807, 2.05) is 0 Å². The summed E-state index contributed by atoms with van der Waals surface area (Å²) in [5.41, 5.74) is -0.169. The molecule has 0 radical (unpaired) electrons. The Hall–Kier alpha value is -1.73. The number of nitrogens with zero attached hydrogens (tertiary/aromatic N) is 1. The van der Waals surface area contributed by atoms with Crippen LogP contribution < -0.4 is 9.55 Å². The number of hydrogen-bond donors (Lipinski definition) is 2. The Morgan fingerprint density at radius 2 is 1.87 bits per heavy atom. The number of hydrogen-bond acceptors (Lipinski definition) is 5. The third kappa shape index (κ3) is 6.92. The van der Waals surface area contributed by atoms with E-state index in [1.54, 1.807) is 45.0 Å². The maximum atomic E-state index is 12.5. The summed E-state index contributed by atoms with van der Waals surface area (Å²) in [5, 5.41) is 18.1. The molecule has 0 unspecified atom stereocenters. The van der Waals surface area contributed by atoms with Crippen LogP contribution in [0.3, 0.4) is 0 Å². The second-order valence-corrected chi connectivity index (χ2v) is 6.25. The Morgan fingerprint density at radius 3 is 2.43 bits per heavy atom. The molecule has 7 heteroatoms. The molecule has 1 amide bonds. The summed E-state index contributed by atoms with van der Waals surface area (Å²) in [4.78, 5) is 14.0. The van der Waals surface area contributed by atoms with Crippen LogP contribution in [0.25, 0.3) is 0 Å². The van der Waals surface area contributed by atoms with Crippen molar-refractivity contribution in [2.75, 3.05) is 11.4 Å². The molecule has 0 aliphatic heterocycles. The second-order valence-electron chi connectivity index (χ2n) is 6.25. The van der Waals surface area contributed by atoms with Gasteiger partial charge < -0.3 is 19.4 Å². The van der Waals surface area contributed by atoms with Gasteiger partial charge in [-0.25, -0.2) is 4.79 Å². The third-order valence-corrected chi connectivity index (χ3v) is 2.99. The van der Waals surface area contributed by atoms with Crippen molar-refractivity contribution in [1.29, 1.82) is 0 Å². The van der Waals surface area contributed by atoms with Gasteiger partial charge >= 0.3 is 13.4 Å². The minimum Gasteiger partial charge on any atom is -0.510 e. The van der Waals surface area contributed by atoms with Crippen molar-refractivity contribution < 1.29 is 24.2 Å². The van der Waals surface area contributed by atoms with Crippen LogP contribution in [0.4, 0.5) is 10.5 Å². The van der Waals surface area contributed by atoms with Gasteiger partial charge in [-0.1, -0.05) is 31.9 Å². The van der Waals surface area contributed by atoms with Crippen LogP contribution in [-0.4, -0.2) is 35.6 Å². The van der Waals surface area contributed by atoms with Crippen molar-refractivity contribution >= 4 is 19.1 Å². The number of ether oxygens (including phenoxy) is 1. The van der Waals surface area contributed by atoms with E-state index < -0.39 is 19.0 Å². The van der Waals surface area contributed by atoms with Gasteiger partial charge in [0.25, 0.3) is 0 Å². The summed E-state index contributed by atoms with van der Waals surface area (Å²) in [6, 6.07) is 6.71. The molecule has 0 saturated carbocycles. The normalized spacial score (nSPS) is 11.0. The van der Waals surface area contributed by atoms with Gasteiger partial charge in [0.15, 0.2) is 0 Å². The van der Waals surface area contributed by atoms with E-state index >= 15 is 0 Å². The molecule has 1 rings (SSSR count). The second kappa shape index (κ2) is 8.79. The van der Waals surface area contributed by atoms with Crippen LogP contribution in [0.15, 0.2) is 24.3 Å². The Labute approximate surface area is 138 Å². The monoisotopic (exact) mass is 323 g/mol. The van der Waals surface area contributed by atoms with Crippen LogP contribution in [0.2, 0.25) is 0 Å². The van der Waals surface area contributed by atoms with Crippen molar-refractivity contribution in [2.45, 2.75) is 52.6 Å². The average Bonchev–Trinajstić information content (AvgIpc) is 2.42. The van der Waals surface area contributed by atoms with Crippen LogP contribution >= 0.6 is 0 Å². The third-order valence-electron chi connectivity index (χ3n) is 2.99. The number of carbonyl (C=O) groups is 1. The van der Waals surface area contributed by atoms with Crippen molar-refractivity contribution in [3.8, 4) is 5.75 Å². The molecule has 128 valence electrons. The molecular weight excluding hydrogens is 297 g/mol. The topological polar surface area (TPSA) is 79.2 Å². The zero-order chi connectivity index (χ0) is 17.5. The van der Waals surface area contributed by atoms with Crippen LogP contribution in [0.1, 0.15) is 47.0 Å². The first-order chi connectivity index (χ1) is 10.7. The zero-order valence-corrected chi connectivity index (χ0v) is 14.3. The van der Waals surface area contributed by atoms with Gasteiger partial charge in [-0.2, -0.15) is 0 Å². The maximum absolute atomic E-state index is 12.5. The molecule has 0 bridgehead atoms. The number of amides is 1. The fourth-order valence-corrected chi connectivity index (χ4v) is 2.04. The Bertz CT molecular complexity index is 501. The van der Waals surface area contributed by atoms with Crippen LogP contribution in [0, 0.1) is 0 Å². The summed E-state index contributed by atoms with van der Waals surface area (Å²) >= 11 is 0. The number of para-hydroxylation sites is 2. The van der Waals surface area contributed by atoms with E-state index in [2.05, 4.69) is 6.92 Å². The highest BCUT2D eigenvalue weighted by Gasteiger charge is 2.26. The van der Waals surface area contributed by atoms with Gasteiger partial charge in [0.05, 0.1) is 5.69 Å². The maximum Gasteiger partial charge on any atom is 0.707 e. The van der Waals surface area contributed by atoms with Gasteiger partial charge in [0.1, 0.15) is 11.4 Å². The standard InChI is InChI=1S/C16H26BNO5/c1-5-6-9-12-18(15(19)22-16(2,3)4)13-10-7-8-11-14(13)23-17(20)21/h7-8,10-11,20-21H,5-6,9,12H2,1-4H3. The molecule has 0 atom stereocenters. The van der Waals surface area contributed by atoms with Gasteiger partial charge in [-0.05, 0) is 39.3 Å². The first-order valence-electron chi connectivity index (χ1n) is 7.87. The molecule has 0 heterocycles. The van der Waals surface area contributed by atoms with E-state index in [9.17, 15) is 4.79 Å². The Balaban J connectivity index is 3.05. The largest absolute Gasteiger partial charge is 0.707 e. The van der Waals surface area contributed by atoms with Gasteiger partial charge in [-0.3, -0.25) is 4.90 Å². The fourth-order valence-electron chi connectivity index (χ4n) is 2.04. The lowest BCUT2D eigenvalue weighted by molar-refractivity contribution is 0.0578. The van der Waals surface area contributed by atoms with Gasteiger partial charge in [0.2, 0.25) is 0 Å². The summed E-state index contributed by atoms with van der Waals surface area (Å²) in [5.74, 6) is 0.213. The number of carbonyl (C=O) groups excluding carboxylic acids is 1. The highest BCUT2D eigenvalue weighted by atomic mass is 16.6. The number of anilines is 1. The predicted octanol–water partition coefficient (Wildman–Crippen LogP) is 2.97. The van der Waals surface area contributed by atoms with Gasteiger partial charge in [-0.15, -0.1) is 0 Å². The number of unbranched alkanes of at least 4 members (excludes halogenated alkanes) is 2. The molecule has 6 nitrogen and oxygen atoms in total. The molecule has 0 fully saturated rings. The average molecular weight is 323 g/mol. The van der Waals surface area contributed by atoms with E-state index in [0.717, 1.165) is 19.3 Å². The Morgan fingerprint density at radius 1 is 1.22 bits per heavy atom. The summed E-state index contributed by atoms with van der Waals surface area (Å²) in [6.45, 7) is 7.95. The zero-order valence-electron chi connectivity index (χ0n) is 14.3.